The molecule has 12 heteroatoms. The predicted molar refractivity (Wildman–Crippen MR) is 92.1 cm³/mol. The van der Waals surface area contributed by atoms with Crippen molar-refractivity contribution in [1.29, 1.82) is 0 Å². The van der Waals surface area contributed by atoms with Crippen LogP contribution in [0.1, 0.15) is 16.3 Å². The van der Waals surface area contributed by atoms with E-state index >= 15 is 0 Å². The van der Waals surface area contributed by atoms with Crippen LogP contribution < -0.4 is 5.32 Å². The normalized spacial score (nSPS) is 14.0. The van der Waals surface area contributed by atoms with Gasteiger partial charge in [0.1, 0.15) is 11.6 Å². The van der Waals surface area contributed by atoms with Crippen LogP contribution in [0.15, 0.2) is 28.8 Å². The third kappa shape index (κ3) is 4.06. The fourth-order valence-corrected chi connectivity index (χ4v) is 3.97. The molecule has 0 unspecified atom stereocenters. The Hall–Kier alpha value is -3.02. The van der Waals surface area contributed by atoms with Crippen molar-refractivity contribution in [2.75, 3.05) is 11.9 Å². The Balaban J connectivity index is 1.49. The van der Waals surface area contributed by atoms with Crippen LogP contribution >= 0.6 is 11.3 Å². The molecule has 0 bridgehead atoms. The van der Waals surface area contributed by atoms with E-state index in [4.69, 9.17) is 0 Å². The quantitative estimate of drug-likeness (QED) is 0.599. The van der Waals surface area contributed by atoms with Gasteiger partial charge in [-0.2, -0.15) is 18.2 Å². The van der Waals surface area contributed by atoms with E-state index in [9.17, 15) is 26.7 Å². The Labute approximate surface area is 163 Å². The Bertz CT molecular complexity index is 1060. The van der Waals surface area contributed by atoms with E-state index < -0.39 is 29.7 Å². The summed E-state index contributed by atoms with van der Waals surface area (Å²) in [5, 5.41) is 5.79. The van der Waals surface area contributed by atoms with Crippen LogP contribution in [-0.2, 0) is 19.1 Å². The number of hydrogen-bond donors (Lipinski definition) is 1. The third-order valence-corrected chi connectivity index (χ3v) is 5.39. The summed E-state index contributed by atoms with van der Waals surface area (Å²) in [7, 11) is 0. The highest BCUT2D eigenvalue weighted by atomic mass is 32.1. The molecule has 0 saturated carbocycles. The summed E-state index contributed by atoms with van der Waals surface area (Å²) in [6, 6.07) is 3.73. The smallest absolute Gasteiger partial charge is 0.329 e. The second-order valence-corrected chi connectivity index (χ2v) is 7.38. The number of thiophene rings is 1. The number of amides is 2. The van der Waals surface area contributed by atoms with Gasteiger partial charge in [-0.1, -0.05) is 5.16 Å². The summed E-state index contributed by atoms with van der Waals surface area (Å²) in [5.74, 6) is -3.24. The van der Waals surface area contributed by atoms with E-state index in [0.29, 0.717) is 23.9 Å². The molecule has 1 aliphatic rings. The van der Waals surface area contributed by atoms with Gasteiger partial charge in [0.25, 0.3) is 0 Å². The number of hydrogen-bond acceptors (Lipinski definition) is 5. The number of urea groups is 1. The van der Waals surface area contributed by atoms with Gasteiger partial charge in [0, 0.05) is 29.7 Å². The third-order valence-electron chi connectivity index (χ3n) is 4.16. The summed E-state index contributed by atoms with van der Waals surface area (Å²) < 4.78 is 68.6. The molecule has 0 atom stereocenters. The molecule has 2 aromatic heterocycles. The SMILES string of the molecule is O=C(Nc1cc(F)cc(F)c1)N1CCc2sc(-c3noc(C(F)(F)F)n3)cc2C1. The maximum atomic E-state index is 13.3. The van der Waals surface area contributed by atoms with Crippen LogP contribution in [-0.4, -0.2) is 27.6 Å². The molecule has 1 aliphatic heterocycles. The Morgan fingerprint density at radius 1 is 1.17 bits per heavy atom. The minimum Gasteiger partial charge on any atom is -0.329 e. The van der Waals surface area contributed by atoms with Gasteiger partial charge in [0.05, 0.1) is 4.88 Å². The zero-order chi connectivity index (χ0) is 20.8. The summed E-state index contributed by atoms with van der Waals surface area (Å²) in [4.78, 5) is 18.5. The van der Waals surface area contributed by atoms with Crippen molar-refractivity contribution in [3.63, 3.8) is 0 Å². The molecule has 0 aliphatic carbocycles. The number of aromatic nitrogens is 2. The molecular weight excluding hydrogens is 419 g/mol. The van der Waals surface area contributed by atoms with Crippen LogP contribution in [0, 0.1) is 11.6 Å². The zero-order valence-electron chi connectivity index (χ0n) is 14.4. The lowest BCUT2D eigenvalue weighted by Gasteiger charge is -2.27. The second-order valence-electron chi connectivity index (χ2n) is 6.24. The molecule has 1 aromatic carbocycles. The Morgan fingerprint density at radius 2 is 1.90 bits per heavy atom. The molecule has 0 fully saturated rings. The summed E-state index contributed by atoms with van der Waals surface area (Å²) >= 11 is 1.22. The standard InChI is InChI=1S/C17H11F5N4O2S/c18-9-4-10(19)6-11(5-9)23-16(27)26-2-1-12-8(7-26)3-13(29-12)14-24-15(28-25-14)17(20,21)22/h3-6H,1-2,7H2,(H,23,27). The lowest BCUT2D eigenvalue weighted by Crippen LogP contribution is -2.38. The minimum absolute atomic E-state index is 0.0178. The second kappa shape index (κ2) is 7.10. The summed E-state index contributed by atoms with van der Waals surface area (Å²) in [5.41, 5.74) is 0.714. The number of benzene rings is 1. The number of fused-ring (bicyclic) bond motifs is 1. The van der Waals surface area contributed by atoms with E-state index in [-0.39, 0.29) is 18.1 Å². The first kappa shape index (κ1) is 19.3. The molecule has 6 nitrogen and oxygen atoms in total. The molecule has 3 heterocycles. The van der Waals surface area contributed by atoms with Crippen molar-refractivity contribution >= 4 is 23.1 Å². The van der Waals surface area contributed by atoms with Crippen LogP contribution in [0.5, 0.6) is 0 Å². The number of anilines is 1. The van der Waals surface area contributed by atoms with Gasteiger partial charge in [-0.05, 0) is 30.2 Å². The highest BCUT2D eigenvalue weighted by molar-refractivity contribution is 7.15. The number of alkyl halides is 3. The number of nitrogens with zero attached hydrogens (tertiary/aromatic N) is 3. The highest BCUT2D eigenvalue weighted by Crippen LogP contribution is 2.35. The molecule has 0 radical (unpaired) electrons. The molecule has 152 valence electrons. The van der Waals surface area contributed by atoms with Gasteiger partial charge in [-0.3, -0.25) is 0 Å². The fourth-order valence-electron chi connectivity index (χ4n) is 2.88. The molecule has 3 aromatic rings. The van der Waals surface area contributed by atoms with E-state index in [0.717, 1.165) is 22.6 Å². The molecule has 0 spiro atoms. The molecule has 1 N–H and O–H groups in total. The van der Waals surface area contributed by atoms with Crippen molar-refractivity contribution < 1.29 is 31.3 Å². The number of halogens is 5. The molecule has 2 amide bonds. The summed E-state index contributed by atoms with van der Waals surface area (Å²) in [6.07, 6.45) is -4.26. The number of carbonyl (C=O) groups excluding carboxylic acids is 1. The van der Waals surface area contributed by atoms with Crippen LogP contribution in [0.25, 0.3) is 10.7 Å². The minimum atomic E-state index is -4.73. The largest absolute Gasteiger partial charge is 0.471 e. The van der Waals surface area contributed by atoms with Gasteiger partial charge in [-0.15, -0.1) is 11.3 Å². The van der Waals surface area contributed by atoms with Gasteiger partial charge < -0.3 is 14.7 Å². The van der Waals surface area contributed by atoms with Crippen molar-refractivity contribution in [1.82, 2.24) is 15.0 Å². The van der Waals surface area contributed by atoms with Crippen LogP contribution in [0.4, 0.5) is 32.4 Å². The van der Waals surface area contributed by atoms with Gasteiger partial charge in [-0.25, -0.2) is 13.6 Å². The molecule has 4 rings (SSSR count). The highest BCUT2D eigenvalue weighted by Gasteiger charge is 2.38. The molecular formula is C17H11F5N4O2S. The Morgan fingerprint density at radius 3 is 2.55 bits per heavy atom. The lowest BCUT2D eigenvalue weighted by atomic mass is 10.1. The van der Waals surface area contributed by atoms with Gasteiger partial charge in [0.15, 0.2) is 0 Å². The van der Waals surface area contributed by atoms with E-state index in [1.165, 1.54) is 16.2 Å². The lowest BCUT2D eigenvalue weighted by molar-refractivity contribution is -0.159. The topological polar surface area (TPSA) is 71.3 Å². The summed E-state index contributed by atoms with van der Waals surface area (Å²) in [6.45, 7) is 0.510. The molecule has 0 saturated heterocycles. The zero-order valence-corrected chi connectivity index (χ0v) is 15.2. The van der Waals surface area contributed by atoms with Gasteiger partial charge >= 0.3 is 18.1 Å². The molecule has 29 heavy (non-hydrogen) atoms. The van der Waals surface area contributed by atoms with E-state index in [1.54, 1.807) is 6.07 Å². The first-order valence-corrected chi connectivity index (χ1v) is 9.05. The predicted octanol–water partition coefficient (Wildman–Crippen LogP) is 4.69. The maximum absolute atomic E-state index is 13.3. The number of carbonyl (C=O) groups is 1. The Kier molecular flexibility index (Phi) is 4.73. The van der Waals surface area contributed by atoms with Crippen molar-refractivity contribution in [3.05, 3.63) is 52.2 Å². The number of nitrogens with one attached hydrogen (secondary N) is 1. The van der Waals surface area contributed by atoms with Crippen LogP contribution in [0.3, 0.4) is 0 Å². The average Bonchev–Trinajstić information content (AvgIpc) is 3.26. The first-order chi connectivity index (χ1) is 13.7. The number of rotatable bonds is 2. The van der Waals surface area contributed by atoms with E-state index in [2.05, 4.69) is 20.0 Å². The van der Waals surface area contributed by atoms with Crippen molar-refractivity contribution in [3.8, 4) is 10.7 Å². The van der Waals surface area contributed by atoms with Gasteiger partial charge in [0.2, 0.25) is 5.82 Å². The fraction of sp³-hybridized carbons (Fsp3) is 0.235. The average molecular weight is 430 g/mol. The first-order valence-electron chi connectivity index (χ1n) is 8.24. The monoisotopic (exact) mass is 430 g/mol. The van der Waals surface area contributed by atoms with Crippen molar-refractivity contribution in [2.45, 2.75) is 19.1 Å². The van der Waals surface area contributed by atoms with Crippen LogP contribution in [0.2, 0.25) is 0 Å². The van der Waals surface area contributed by atoms with E-state index in [1.807, 2.05) is 0 Å². The maximum Gasteiger partial charge on any atom is 0.471 e. The van der Waals surface area contributed by atoms with Crippen molar-refractivity contribution in [2.24, 2.45) is 0 Å².